The van der Waals surface area contributed by atoms with Crippen LogP contribution in [0.4, 0.5) is 14.9 Å². The van der Waals surface area contributed by atoms with E-state index in [-0.39, 0.29) is 29.8 Å². The van der Waals surface area contributed by atoms with Crippen molar-refractivity contribution in [1.82, 2.24) is 10.2 Å². The minimum atomic E-state index is -0.761. The highest BCUT2D eigenvalue weighted by atomic mass is 19.1. The summed E-state index contributed by atoms with van der Waals surface area (Å²) in [4.78, 5) is 37.5. The topological polar surface area (TPSA) is 98.7 Å². The molecule has 28 heavy (non-hydrogen) atoms. The molecule has 0 bridgehead atoms. The summed E-state index contributed by atoms with van der Waals surface area (Å²) in [5.74, 6) is -1.83. The van der Waals surface area contributed by atoms with Gasteiger partial charge < -0.3 is 20.6 Å². The van der Waals surface area contributed by atoms with Crippen LogP contribution in [-0.4, -0.2) is 47.0 Å². The van der Waals surface area contributed by atoms with Crippen molar-refractivity contribution in [2.75, 3.05) is 18.4 Å². The van der Waals surface area contributed by atoms with Gasteiger partial charge in [-0.15, -0.1) is 0 Å². The summed E-state index contributed by atoms with van der Waals surface area (Å²) in [5.41, 5.74) is 0.433. The first-order valence-corrected chi connectivity index (χ1v) is 9.77. The van der Waals surface area contributed by atoms with Gasteiger partial charge in [0.2, 0.25) is 5.91 Å². The summed E-state index contributed by atoms with van der Waals surface area (Å²) in [6, 6.07) is 5.64. The van der Waals surface area contributed by atoms with Crippen LogP contribution in [0.15, 0.2) is 24.3 Å². The van der Waals surface area contributed by atoms with Crippen LogP contribution >= 0.6 is 0 Å². The number of carboxylic acid groups (broad SMARTS) is 1. The van der Waals surface area contributed by atoms with E-state index in [4.69, 9.17) is 5.11 Å². The maximum absolute atomic E-state index is 13.2. The van der Waals surface area contributed by atoms with Gasteiger partial charge in [0.05, 0.1) is 5.92 Å². The van der Waals surface area contributed by atoms with Gasteiger partial charge in [-0.05, 0) is 56.7 Å². The van der Waals surface area contributed by atoms with Gasteiger partial charge in [-0.25, -0.2) is 9.18 Å². The Bertz CT molecular complexity index is 726. The molecule has 0 radical (unpaired) electrons. The lowest BCUT2D eigenvalue weighted by Gasteiger charge is -2.34. The fourth-order valence-corrected chi connectivity index (χ4v) is 3.91. The summed E-state index contributed by atoms with van der Waals surface area (Å²) in [6.45, 7) is 0.967. The van der Waals surface area contributed by atoms with Crippen LogP contribution in [0.25, 0.3) is 0 Å². The van der Waals surface area contributed by atoms with Crippen LogP contribution in [-0.2, 0) is 9.59 Å². The zero-order valence-corrected chi connectivity index (χ0v) is 15.7. The van der Waals surface area contributed by atoms with Gasteiger partial charge in [-0.2, -0.15) is 0 Å². The number of anilines is 1. The largest absolute Gasteiger partial charge is 0.481 e. The number of benzene rings is 1. The maximum Gasteiger partial charge on any atom is 0.317 e. The van der Waals surface area contributed by atoms with Crippen LogP contribution in [0.1, 0.15) is 38.5 Å². The lowest BCUT2D eigenvalue weighted by Crippen LogP contribution is -2.49. The van der Waals surface area contributed by atoms with E-state index < -0.39 is 11.8 Å². The monoisotopic (exact) mass is 391 g/mol. The van der Waals surface area contributed by atoms with Crippen LogP contribution in [0.3, 0.4) is 0 Å². The number of likely N-dealkylation sites (tertiary alicyclic amines) is 1. The molecule has 0 spiro atoms. The highest BCUT2D eigenvalue weighted by Gasteiger charge is 2.30. The van der Waals surface area contributed by atoms with Crippen molar-refractivity contribution in [1.29, 1.82) is 0 Å². The van der Waals surface area contributed by atoms with Gasteiger partial charge >= 0.3 is 12.0 Å². The molecular weight excluding hydrogens is 365 g/mol. The smallest absolute Gasteiger partial charge is 0.317 e. The first-order valence-electron chi connectivity index (χ1n) is 9.77. The minimum absolute atomic E-state index is 0.0112. The Morgan fingerprint density at radius 2 is 1.68 bits per heavy atom. The van der Waals surface area contributed by atoms with Crippen molar-refractivity contribution < 1.29 is 23.9 Å². The Labute approximate surface area is 163 Å². The number of nitrogens with zero attached hydrogens (tertiary/aromatic N) is 1. The second kappa shape index (κ2) is 9.03. The SMILES string of the molecule is O=C(O)C1CCC(NC(=O)N2CCC(C(=O)Nc3cccc(F)c3)CC2)CC1. The van der Waals surface area contributed by atoms with Crippen molar-refractivity contribution in [2.24, 2.45) is 11.8 Å². The van der Waals surface area contributed by atoms with Crippen LogP contribution < -0.4 is 10.6 Å². The van der Waals surface area contributed by atoms with Gasteiger partial charge in [0, 0.05) is 30.7 Å². The standard InChI is InChI=1S/C20H26FN3O4/c21-15-2-1-3-17(12-15)22-18(25)13-8-10-24(11-9-13)20(28)23-16-6-4-14(5-7-16)19(26)27/h1-3,12-14,16H,4-11H2,(H,22,25)(H,23,28)(H,26,27). The number of rotatable bonds is 4. The number of hydrogen-bond acceptors (Lipinski definition) is 3. The Morgan fingerprint density at radius 3 is 2.29 bits per heavy atom. The highest BCUT2D eigenvalue weighted by Crippen LogP contribution is 2.25. The summed E-state index contributed by atoms with van der Waals surface area (Å²) in [5, 5.41) is 14.8. The minimum Gasteiger partial charge on any atom is -0.481 e. The number of carboxylic acids is 1. The first kappa shape index (κ1) is 20.1. The maximum atomic E-state index is 13.2. The molecule has 2 fully saturated rings. The molecule has 8 heteroatoms. The number of carbonyl (C=O) groups excluding carboxylic acids is 2. The van der Waals surface area contributed by atoms with E-state index in [2.05, 4.69) is 10.6 Å². The van der Waals surface area contributed by atoms with E-state index in [0.29, 0.717) is 57.3 Å². The zero-order chi connectivity index (χ0) is 20.1. The quantitative estimate of drug-likeness (QED) is 0.735. The molecule has 3 N–H and O–H groups in total. The summed E-state index contributed by atoms with van der Waals surface area (Å²) in [6.07, 6.45) is 3.64. The fraction of sp³-hybridized carbons (Fsp3) is 0.550. The van der Waals surface area contributed by atoms with E-state index in [1.165, 1.54) is 12.1 Å². The lowest BCUT2D eigenvalue weighted by molar-refractivity contribution is -0.142. The Kier molecular flexibility index (Phi) is 6.49. The van der Waals surface area contributed by atoms with Crippen molar-refractivity contribution >= 4 is 23.6 Å². The molecule has 1 saturated carbocycles. The fourth-order valence-electron chi connectivity index (χ4n) is 3.91. The van der Waals surface area contributed by atoms with Crippen molar-refractivity contribution in [3.8, 4) is 0 Å². The summed E-state index contributed by atoms with van der Waals surface area (Å²) < 4.78 is 13.2. The number of carbonyl (C=O) groups is 3. The molecule has 152 valence electrons. The van der Waals surface area contributed by atoms with Crippen molar-refractivity contribution in [2.45, 2.75) is 44.6 Å². The number of urea groups is 1. The number of aliphatic carboxylic acids is 1. The number of nitrogens with one attached hydrogen (secondary N) is 2. The van der Waals surface area contributed by atoms with Gasteiger partial charge in [-0.1, -0.05) is 6.07 Å². The van der Waals surface area contributed by atoms with E-state index in [1.54, 1.807) is 17.0 Å². The molecule has 7 nitrogen and oxygen atoms in total. The highest BCUT2D eigenvalue weighted by molar-refractivity contribution is 5.92. The first-order chi connectivity index (χ1) is 13.4. The molecule has 3 amide bonds. The normalized spacial score (nSPS) is 23.1. The second-order valence-electron chi connectivity index (χ2n) is 7.60. The van der Waals surface area contributed by atoms with Crippen LogP contribution in [0.5, 0.6) is 0 Å². The van der Waals surface area contributed by atoms with E-state index in [0.717, 1.165) is 0 Å². The van der Waals surface area contributed by atoms with Crippen LogP contribution in [0.2, 0.25) is 0 Å². The molecule has 1 saturated heterocycles. The molecule has 0 unspecified atom stereocenters. The van der Waals surface area contributed by atoms with E-state index >= 15 is 0 Å². The second-order valence-corrected chi connectivity index (χ2v) is 7.60. The molecule has 0 atom stereocenters. The van der Waals surface area contributed by atoms with Gasteiger partial charge in [0.1, 0.15) is 5.82 Å². The summed E-state index contributed by atoms with van der Waals surface area (Å²) in [7, 11) is 0. The van der Waals surface area contributed by atoms with Crippen molar-refractivity contribution in [3.05, 3.63) is 30.1 Å². The van der Waals surface area contributed by atoms with Crippen molar-refractivity contribution in [3.63, 3.8) is 0 Å². The molecule has 2 aliphatic rings. The molecule has 1 aromatic carbocycles. The molecule has 3 rings (SSSR count). The van der Waals surface area contributed by atoms with Crippen LogP contribution in [0, 0.1) is 17.7 Å². The molecule has 0 aromatic heterocycles. The summed E-state index contributed by atoms with van der Waals surface area (Å²) >= 11 is 0. The lowest BCUT2D eigenvalue weighted by atomic mass is 9.86. The zero-order valence-electron chi connectivity index (χ0n) is 15.7. The number of halogens is 1. The predicted octanol–water partition coefficient (Wildman–Crippen LogP) is 2.83. The molecule has 1 heterocycles. The number of amides is 3. The molecule has 1 aliphatic carbocycles. The molecular formula is C20H26FN3O4. The van der Waals surface area contributed by atoms with Gasteiger partial charge in [0.25, 0.3) is 0 Å². The third-order valence-corrected chi connectivity index (χ3v) is 5.65. The Balaban J connectivity index is 1.41. The average Bonchev–Trinajstić information content (AvgIpc) is 2.68. The third-order valence-electron chi connectivity index (χ3n) is 5.65. The van der Waals surface area contributed by atoms with E-state index in [9.17, 15) is 18.8 Å². The molecule has 1 aromatic rings. The third kappa shape index (κ3) is 5.21. The average molecular weight is 391 g/mol. The Hall–Kier alpha value is -2.64. The molecule has 1 aliphatic heterocycles. The Morgan fingerprint density at radius 1 is 1.00 bits per heavy atom. The number of hydrogen-bond donors (Lipinski definition) is 3. The van der Waals surface area contributed by atoms with E-state index in [1.807, 2.05) is 0 Å². The van der Waals surface area contributed by atoms with Gasteiger partial charge in [-0.3, -0.25) is 9.59 Å². The van der Waals surface area contributed by atoms with Gasteiger partial charge in [0.15, 0.2) is 0 Å². The predicted molar refractivity (Wildman–Crippen MR) is 101 cm³/mol. The number of piperidine rings is 1.